The maximum atomic E-state index is 14.3. The Morgan fingerprint density at radius 3 is 2.42 bits per heavy atom. The number of halogens is 1. The number of alkyl halides is 1. The standard InChI is InChI=1S/C19H27FN2O4/c1-19(2,3)26-18(24)21-14-9-10-16(15(20)11-14)22-17(23)25-12-13-7-5-4-6-8-13/h4-8,14-16H,9-12H2,1-3H3,(H,21,24)(H,22,23)/t14-,15-,16-/m0/s1. The first-order valence-electron chi connectivity index (χ1n) is 8.84. The molecule has 2 rings (SSSR count). The van der Waals surface area contributed by atoms with Crippen molar-refractivity contribution in [3.8, 4) is 0 Å². The molecule has 0 unspecified atom stereocenters. The average Bonchev–Trinajstić information content (AvgIpc) is 2.55. The van der Waals surface area contributed by atoms with Crippen LogP contribution in [-0.4, -0.2) is 36.0 Å². The second-order valence-electron chi connectivity index (χ2n) is 7.48. The van der Waals surface area contributed by atoms with Crippen molar-refractivity contribution in [1.29, 1.82) is 0 Å². The zero-order valence-corrected chi connectivity index (χ0v) is 15.5. The number of alkyl carbamates (subject to hydrolysis) is 2. The normalized spacial score (nSPS) is 23.0. The van der Waals surface area contributed by atoms with Crippen LogP contribution in [0.2, 0.25) is 0 Å². The van der Waals surface area contributed by atoms with E-state index in [0.717, 1.165) is 5.56 Å². The Bertz CT molecular complexity index is 603. The first-order chi connectivity index (χ1) is 12.2. The van der Waals surface area contributed by atoms with E-state index in [2.05, 4.69) is 10.6 Å². The lowest BCUT2D eigenvalue weighted by Crippen LogP contribution is -2.50. The lowest BCUT2D eigenvalue weighted by atomic mass is 9.89. The minimum absolute atomic E-state index is 0.128. The van der Waals surface area contributed by atoms with Gasteiger partial charge in [-0.3, -0.25) is 0 Å². The number of hydrogen-bond donors (Lipinski definition) is 2. The predicted octanol–water partition coefficient (Wildman–Crippen LogP) is 3.70. The third kappa shape index (κ3) is 6.90. The molecule has 1 aliphatic carbocycles. The molecule has 2 N–H and O–H groups in total. The summed E-state index contributed by atoms with van der Waals surface area (Å²) in [6, 6.07) is 8.35. The van der Waals surface area contributed by atoms with Crippen LogP contribution >= 0.6 is 0 Å². The van der Waals surface area contributed by atoms with E-state index >= 15 is 0 Å². The van der Waals surface area contributed by atoms with Gasteiger partial charge in [-0.05, 0) is 39.2 Å². The first-order valence-corrected chi connectivity index (χ1v) is 8.84. The predicted molar refractivity (Wildman–Crippen MR) is 95.5 cm³/mol. The van der Waals surface area contributed by atoms with Crippen LogP contribution in [0.25, 0.3) is 0 Å². The van der Waals surface area contributed by atoms with Crippen LogP contribution < -0.4 is 10.6 Å². The zero-order chi connectivity index (χ0) is 19.2. The van der Waals surface area contributed by atoms with Crippen molar-refractivity contribution in [3.63, 3.8) is 0 Å². The van der Waals surface area contributed by atoms with E-state index in [1.807, 2.05) is 30.3 Å². The lowest BCUT2D eigenvalue weighted by Gasteiger charge is -2.32. The molecule has 1 saturated carbocycles. The van der Waals surface area contributed by atoms with E-state index < -0.39 is 30.0 Å². The summed E-state index contributed by atoms with van der Waals surface area (Å²) in [6.07, 6.45) is -1.34. The van der Waals surface area contributed by atoms with Gasteiger partial charge in [0, 0.05) is 12.5 Å². The number of rotatable bonds is 4. The van der Waals surface area contributed by atoms with E-state index in [-0.39, 0.29) is 19.1 Å². The average molecular weight is 366 g/mol. The molecule has 6 nitrogen and oxygen atoms in total. The Kier molecular flexibility index (Phi) is 6.83. The molecule has 7 heteroatoms. The highest BCUT2D eigenvalue weighted by Gasteiger charge is 2.33. The van der Waals surface area contributed by atoms with Crippen molar-refractivity contribution in [1.82, 2.24) is 10.6 Å². The molecule has 0 heterocycles. The van der Waals surface area contributed by atoms with Crippen LogP contribution in [0.4, 0.5) is 14.0 Å². The topological polar surface area (TPSA) is 76.7 Å². The van der Waals surface area contributed by atoms with Gasteiger partial charge in [-0.15, -0.1) is 0 Å². The minimum atomic E-state index is -1.26. The summed E-state index contributed by atoms with van der Waals surface area (Å²) in [4.78, 5) is 23.6. The fraction of sp³-hybridized carbons (Fsp3) is 0.579. The molecule has 0 spiro atoms. The molecule has 1 aromatic rings. The number of hydrogen-bond acceptors (Lipinski definition) is 4. The molecule has 3 atom stereocenters. The molecule has 1 fully saturated rings. The molecule has 0 saturated heterocycles. The van der Waals surface area contributed by atoms with Crippen LogP contribution in [0, 0.1) is 0 Å². The molecule has 26 heavy (non-hydrogen) atoms. The van der Waals surface area contributed by atoms with Gasteiger partial charge < -0.3 is 20.1 Å². The van der Waals surface area contributed by atoms with Gasteiger partial charge in [0.05, 0.1) is 6.04 Å². The van der Waals surface area contributed by atoms with Crippen molar-refractivity contribution in [2.75, 3.05) is 0 Å². The molecule has 1 aliphatic rings. The van der Waals surface area contributed by atoms with Gasteiger partial charge in [0.25, 0.3) is 0 Å². The highest BCUT2D eigenvalue weighted by atomic mass is 19.1. The molecule has 144 valence electrons. The molecule has 0 aliphatic heterocycles. The fourth-order valence-electron chi connectivity index (χ4n) is 2.80. The lowest BCUT2D eigenvalue weighted by molar-refractivity contribution is 0.0464. The van der Waals surface area contributed by atoms with Gasteiger partial charge in [0.2, 0.25) is 0 Å². The molecule has 1 aromatic carbocycles. The van der Waals surface area contributed by atoms with Crippen molar-refractivity contribution in [2.45, 2.75) is 70.5 Å². The summed E-state index contributed by atoms with van der Waals surface area (Å²) < 4.78 is 24.6. The van der Waals surface area contributed by atoms with E-state index in [4.69, 9.17) is 9.47 Å². The summed E-state index contributed by atoms with van der Waals surface area (Å²) >= 11 is 0. The van der Waals surface area contributed by atoms with E-state index in [1.165, 1.54) is 0 Å². The SMILES string of the molecule is CC(C)(C)OC(=O)N[C@H]1CC[C@H](NC(=O)OCc2ccccc2)[C@@H](F)C1. The number of amides is 2. The third-order valence-electron chi connectivity index (χ3n) is 4.01. The number of carbonyl (C=O) groups excluding carboxylic acids is 2. The second kappa shape index (κ2) is 8.87. The molecule has 2 amide bonds. The highest BCUT2D eigenvalue weighted by molar-refractivity contribution is 5.68. The second-order valence-corrected chi connectivity index (χ2v) is 7.48. The summed E-state index contributed by atoms with van der Waals surface area (Å²) in [6.45, 7) is 5.45. The summed E-state index contributed by atoms with van der Waals surface area (Å²) in [7, 11) is 0. The fourth-order valence-corrected chi connectivity index (χ4v) is 2.80. The molecular formula is C19H27FN2O4. The number of benzene rings is 1. The first kappa shape index (κ1) is 20.0. The van der Waals surface area contributed by atoms with Crippen molar-refractivity contribution in [3.05, 3.63) is 35.9 Å². The van der Waals surface area contributed by atoms with Gasteiger partial charge in [0.15, 0.2) is 0 Å². The Morgan fingerprint density at radius 2 is 1.81 bits per heavy atom. The van der Waals surface area contributed by atoms with Gasteiger partial charge in [-0.1, -0.05) is 30.3 Å². The number of nitrogens with one attached hydrogen (secondary N) is 2. The van der Waals surface area contributed by atoms with Crippen LogP contribution in [0.15, 0.2) is 30.3 Å². The Hall–Kier alpha value is -2.31. The quantitative estimate of drug-likeness (QED) is 0.852. The Morgan fingerprint density at radius 1 is 1.12 bits per heavy atom. The highest BCUT2D eigenvalue weighted by Crippen LogP contribution is 2.22. The van der Waals surface area contributed by atoms with E-state index in [9.17, 15) is 14.0 Å². The number of ether oxygens (including phenoxy) is 2. The summed E-state index contributed by atoms with van der Waals surface area (Å²) in [5.74, 6) is 0. The van der Waals surface area contributed by atoms with Crippen LogP contribution in [-0.2, 0) is 16.1 Å². The molecule has 0 bridgehead atoms. The minimum Gasteiger partial charge on any atom is -0.445 e. The van der Waals surface area contributed by atoms with Crippen LogP contribution in [0.1, 0.15) is 45.6 Å². The Labute approximate surface area is 153 Å². The molecule has 0 radical (unpaired) electrons. The van der Waals surface area contributed by atoms with Gasteiger partial charge >= 0.3 is 12.2 Å². The van der Waals surface area contributed by atoms with Crippen LogP contribution in [0.5, 0.6) is 0 Å². The summed E-state index contributed by atoms with van der Waals surface area (Å²) in [5, 5.41) is 5.25. The monoisotopic (exact) mass is 366 g/mol. The maximum Gasteiger partial charge on any atom is 0.407 e. The van der Waals surface area contributed by atoms with Crippen molar-refractivity contribution in [2.24, 2.45) is 0 Å². The number of carbonyl (C=O) groups is 2. The van der Waals surface area contributed by atoms with Crippen molar-refractivity contribution < 1.29 is 23.5 Å². The smallest absolute Gasteiger partial charge is 0.407 e. The van der Waals surface area contributed by atoms with Crippen LogP contribution in [0.3, 0.4) is 0 Å². The Balaban J connectivity index is 1.72. The summed E-state index contributed by atoms with van der Waals surface area (Å²) in [5.41, 5.74) is 0.269. The van der Waals surface area contributed by atoms with Crippen molar-refractivity contribution >= 4 is 12.2 Å². The maximum absolute atomic E-state index is 14.3. The van der Waals surface area contributed by atoms with E-state index in [1.54, 1.807) is 20.8 Å². The van der Waals surface area contributed by atoms with Gasteiger partial charge in [-0.2, -0.15) is 0 Å². The van der Waals surface area contributed by atoms with E-state index in [0.29, 0.717) is 12.8 Å². The molecule has 0 aromatic heterocycles. The zero-order valence-electron chi connectivity index (χ0n) is 15.5. The largest absolute Gasteiger partial charge is 0.445 e. The third-order valence-corrected chi connectivity index (χ3v) is 4.01. The van der Waals surface area contributed by atoms with Gasteiger partial charge in [0.1, 0.15) is 18.4 Å². The molecular weight excluding hydrogens is 339 g/mol. The van der Waals surface area contributed by atoms with Gasteiger partial charge in [-0.25, -0.2) is 14.0 Å².